The summed E-state index contributed by atoms with van der Waals surface area (Å²) in [6, 6.07) is 6.71. The van der Waals surface area contributed by atoms with E-state index in [2.05, 4.69) is 0 Å². The average Bonchev–Trinajstić information content (AvgIpc) is 2.85. The molecule has 0 aliphatic rings. The first-order valence-electron chi connectivity index (χ1n) is 6.86. The summed E-state index contributed by atoms with van der Waals surface area (Å²) < 4.78 is 28.8. The van der Waals surface area contributed by atoms with Gasteiger partial charge in [0.05, 0.1) is 4.92 Å². The molecule has 6 nitrogen and oxygen atoms in total. The minimum atomic E-state index is -3.53. The second-order valence-electron chi connectivity index (χ2n) is 5.55. The first-order valence-corrected chi connectivity index (χ1v) is 9.57. The van der Waals surface area contributed by atoms with Crippen molar-refractivity contribution in [3.8, 4) is 10.8 Å². The summed E-state index contributed by atoms with van der Waals surface area (Å²) in [5, 5.41) is 11.1. The lowest BCUT2D eigenvalue weighted by Gasteiger charge is -2.11. The largest absolute Gasteiger partial charge is 0.440 e. The summed E-state index contributed by atoms with van der Waals surface area (Å²) in [4.78, 5) is 10.5. The van der Waals surface area contributed by atoms with Gasteiger partial charge in [-0.25, -0.2) is 8.42 Å². The quantitative estimate of drug-likeness (QED) is 0.590. The van der Waals surface area contributed by atoms with Crippen molar-refractivity contribution in [2.24, 2.45) is 0 Å². The van der Waals surface area contributed by atoms with Gasteiger partial charge >= 0.3 is 5.69 Å². The Morgan fingerprint density at radius 3 is 2.43 bits per heavy atom. The average molecular weight is 355 g/mol. The van der Waals surface area contributed by atoms with Crippen LogP contribution in [-0.2, 0) is 9.84 Å². The van der Waals surface area contributed by atoms with E-state index in [-0.39, 0.29) is 20.9 Å². The van der Waals surface area contributed by atoms with Crippen molar-refractivity contribution in [3.63, 3.8) is 0 Å². The maximum absolute atomic E-state index is 11.6. The number of hydrogen-bond acceptors (Lipinski definition) is 6. The molecule has 0 saturated carbocycles. The molecular weight excluding hydrogens is 338 g/mol. The van der Waals surface area contributed by atoms with Crippen LogP contribution in [0.4, 0.5) is 5.69 Å². The van der Waals surface area contributed by atoms with Gasteiger partial charge in [-0.1, -0.05) is 37.3 Å². The minimum Gasteiger partial charge on any atom is -0.440 e. The lowest BCUT2D eigenvalue weighted by Crippen LogP contribution is -1.93. The molecule has 0 aliphatic carbocycles. The van der Waals surface area contributed by atoms with Gasteiger partial charge < -0.3 is 4.74 Å². The van der Waals surface area contributed by atoms with Crippen molar-refractivity contribution in [3.05, 3.63) is 45.5 Å². The first kappa shape index (κ1) is 17.4. The number of hydrogen-bond donors (Lipinski definition) is 0. The normalized spacial score (nSPS) is 11.7. The lowest BCUT2D eigenvalue weighted by atomic mass is 10.0. The molecule has 0 spiro atoms. The molecule has 124 valence electrons. The number of thiophene rings is 1. The molecule has 23 heavy (non-hydrogen) atoms. The molecule has 8 heteroatoms. The Hall–Kier alpha value is -1.93. The number of rotatable bonds is 5. The van der Waals surface area contributed by atoms with E-state index in [1.54, 1.807) is 0 Å². The Kier molecular flexibility index (Phi) is 4.76. The number of sulfone groups is 1. The molecular formula is C15H17NO5S2. The summed E-state index contributed by atoms with van der Waals surface area (Å²) >= 11 is 0.761. The number of ether oxygens (including phenoxy) is 1. The molecule has 0 unspecified atom stereocenters. The van der Waals surface area contributed by atoms with Gasteiger partial charge in [0.2, 0.25) is 0 Å². The van der Waals surface area contributed by atoms with Crippen LogP contribution in [-0.4, -0.2) is 19.6 Å². The van der Waals surface area contributed by atoms with Crippen molar-refractivity contribution in [2.75, 3.05) is 6.26 Å². The fourth-order valence-corrected chi connectivity index (χ4v) is 3.79. The lowest BCUT2D eigenvalue weighted by molar-refractivity contribution is -0.385. The maximum atomic E-state index is 11.6. The van der Waals surface area contributed by atoms with E-state index in [0.29, 0.717) is 5.75 Å². The van der Waals surface area contributed by atoms with E-state index >= 15 is 0 Å². The number of nitrogens with zero attached hydrogens (tertiary/aromatic N) is 1. The zero-order chi connectivity index (χ0) is 17.4. The van der Waals surface area contributed by atoms with Crippen molar-refractivity contribution in [2.45, 2.75) is 30.9 Å². The minimum absolute atomic E-state index is 0.0283. The molecule has 0 N–H and O–H groups in total. The van der Waals surface area contributed by atoms with Crippen LogP contribution in [0, 0.1) is 17.0 Å². The third-order valence-electron chi connectivity index (χ3n) is 3.30. The number of benzene rings is 1. The van der Waals surface area contributed by atoms with Crippen LogP contribution < -0.4 is 4.74 Å². The van der Waals surface area contributed by atoms with E-state index in [1.165, 1.54) is 0 Å². The Labute approximate surface area is 138 Å². The van der Waals surface area contributed by atoms with Crippen molar-refractivity contribution >= 4 is 26.9 Å². The highest BCUT2D eigenvalue weighted by Crippen LogP contribution is 2.42. The van der Waals surface area contributed by atoms with E-state index < -0.39 is 14.8 Å². The van der Waals surface area contributed by atoms with Gasteiger partial charge in [0.1, 0.15) is 9.96 Å². The van der Waals surface area contributed by atoms with Crippen LogP contribution in [0.15, 0.2) is 28.5 Å². The molecule has 0 amide bonds. The van der Waals surface area contributed by atoms with Crippen LogP contribution >= 0.6 is 11.3 Å². The van der Waals surface area contributed by atoms with Crippen LogP contribution in [0.1, 0.15) is 30.9 Å². The predicted octanol–water partition coefficient (Wildman–Crippen LogP) is 4.28. The monoisotopic (exact) mass is 355 g/mol. The van der Waals surface area contributed by atoms with E-state index in [0.717, 1.165) is 34.8 Å². The Morgan fingerprint density at radius 2 is 1.91 bits per heavy atom. The maximum Gasteiger partial charge on any atom is 0.324 e. The standard InChI is InChI=1S/C15H17NO5S2/c1-9(2)11-6-5-10(3)13(7-11)21-15-12(16(17)18)8-14(22-15)23(4,19)20/h5-9H,1-4H3. The smallest absolute Gasteiger partial charge is 0.324 e. The Morgan fingerprint density at radius 1 is 1.26 bits per heavy atom. The Bertz CT molecular complexity index is 853. The third-order valence-corrected chi connectivity index (χ3v) is 6.10. The highest BCUT2D eigenvalue weighted by Gasteiger charge is 2.26. The summed E-state index contributed by atoms with van der Waals surface area (Å²) in [6.45, 7) is 5.89. The van der Waals surface area contributed by atoms with Gasteiger partial charge in [0.15, 0.2) is 9.84 Å². The molecule has 1 aromatic carbocycles. The molecule has 1 aromatic heterocycles. The molecule has 0 radical (unpaired) electrons. The van der Waals surface area contributed by atoms with E-state index in [4.69, 9.17) is 4.74 Å². The van der Waals surface area contributed by atoms with Gasteiger partial charge in [0, 0.05) is 12.3 Å². The fourth-order valence-electron chi connectivity index (χ4n) is 1.91. The topological polar surface area (TPSA) is 86.5 Å². The first-order chi connectivity index (χ1) is 10.6. The van der Waals surface area contributed by atoms with Crippen molar-refractivity contribution in [1.82, 2.24) is 0 Å². The summed E-state index contributed by atoms with van der Waals surface area (Å²) in [7, 11) is -3.53. The molecule has 0 bridgehead atoms. The fraction of sp³-hybridized carbons (Fsp3) is 0.333. The molecule has 0 atom stereocenters. The molecule has 2 rings (SSSR count). The Balaban J connectivity index is 2.50. The summed E-state index contributed by atoms with van der Waals surface area (Å²) in [6.07, 6.45) is 1.01. The van der Waals surface area contributed by atoms with Crippen molar-refractivity contribution in [1.29, 1.82) is 0 Å². The number of nitro groups is 1. The molecule has 0 saturated heterocycles. The zero-order valence-electron chi connectivity index (χ0n) is 13.2. The molecule has 0 fully saturated rings. The SMILES string of the molecule is Cc1ccc(C(C)C)cc1Oc1sc(S(C)(=O)=O)cc1[N+](=O)[O-]. The summed E-state index contributed by atoms with van der Waals surface area (Å²) in [5.74, 6) is 0.768. The zero-order valence-corrected chi connectivity index (χ0v) is 14.8. The van der Waals surface area contributed by atoms with Crippen molar-refractivity contribution < 1.29 is 18.1 Å². The van der Waals surface area contributed by atoms with Crippen LogP contribution in [0.3, 0.4) is 0 Å². The second kappa shape index (κ2) is 6.29. The summed E-state index contributed by atoms with van der Waals surface area (Å²) in [5.41, 5.74) is 1.51. The highest BCUT2D eigenvalue weighted by molar-refractivity contribution is 7.92. The van der Waals surface area contributed by atoms with Crippen LogP contribution in [0.2, 0.25) is 0 Å². The van der Waals surface area contributed by atoms with Gasteiger partial charge in [-0.15, -0.1) is 0 Å². The van der Waals surface area contributed by atoms with Crippen LogP contribution in [0.25, 0.3) is 0 Å². The third kappa shape index (κ3) is 3.89. The van der Waals surface area contributed by atoms with Gasteiger partial charge in [-0.2, -0.15) is 0 Å². The molecule has 1 heterocycles. The van der Waals surface area contributed by atoms with Gasteiger partial charge in [-0.05, 0) is 30.0 Å². The second-order valence-corrected chi connectivity index (χ2v) is 8.81. The van der Waals surface area contributed by atoms with E-state index in [9.17, 15) is 18.5 Å². The van der Waals surface area contributed by atoms with Gasteiger partial charge in [0.25, 0.3) is 5.06 Å². The predicted molar refractivity (Wildman–Crippen MR) is 89.4 cm³/mol. The highest BCUT2D eigenvalue weighted by atomic mass is 32.2. The van der Waals surface area contributed by atoms with Gasteiger partial charge in [-0.3, -0.25) is 10.1 Å². The van der Waals surface area contributed by atoms with E-state index in [1.807, 2.05) is 39.0 Å². The number of aryl methyl sites for hydroxylation is 1. The van der Waals surface area contributed by atoms with Crippen LogP contribution in [0.5, 0.6) is 10.8 Å². The molecule has 0 aliphatic heterocycles. The molecule has 2 aromatic rings.